The van der Waals surface area contributed by atoms with Crippen molar-refractivity contribution in [3.63, 3.8) is 0 Å². The van der Waals surface area contributed by atoms with E-state index in [1.807, 2.05) is 60.4 Å². The summed E-state index contributed by atoms with van der Waals surface area (Å²) in [6.45, 7) is 4.10. The molecule has 2 heterocycles. The Morgan fingerprint density at radius 1 is 0.867 bits per heavy atom. The molecule has 148 valence electrons. The lowest BCUT2D eigenvalue weighted by atomic mass is 9.95. The first kappa shape index (κ1) is 18.6. The molecule has 1 aliphatic rings. The zero-order valence-corrected chi connectivity index (χ0v) is 17.4. The van der Waals surface area contributed by atoms with Crippen LogP contribution in [0, 0.1) is 13.8 Å². The van der Waals surface area contributed by atoms with Gasteiger partial charge in [-0.05, 0) is 43.7 Å². The molecule has 5 heteroatoms. The number of aromatic amines is 1. The molecule has 0 spiro atoms. The van der Waals surface area contributed by atoms with Gasteiger partial charge in [-0.15, -0.1) is 0 Å². The molecule has 0 saturated carbocycles. The van der Waals surface area contributed by atoms with Crippen molar-refractivity contribution in [3.8, 4) is 11.3 Å². The first-order valence-corrected chi connectivity index (χ1v) is 10.2. The molecule has 1 unspecified atom stereocenters. The van der Waals surface area contributed by atoms with E-state index in [9.17, 15) is 4.79 Å². The predicted octanol–water partition coefficient (Wildman–Crippen LogP) is 6.10. The monoisotopic (exact) mass is 413 g/mol. The number of carbonyl (C=O) groups is 1. The molecule has 1 atom stereocenters. The summed E-state index contributed by atoms with van der Waals surface area (Å²) >= 11 is 6.08. The van der Waals surface area contributed by atoms with E-state index in [2.05, 4.69) is 41.4 Å². The molecule has 0 aliphatic carbocycles. The second-order valence-corrected chi connectivity index (χ2v) is 8.13. The van der Waals surface area contributed by atoms with Gasteiger partial charge >= 0.3 is 0 Å². The SMILES string of the molecule is Cc1ccc(C2c3c(-c4ccc(Cl)cc4)n[nH]c3C(=O)N2c2ccc(C)cc2)cc1. The van der Waals surface area contributed by atoms with E-state index in [1.165, 1.54) is 5.56 Å². The van der Waals surface area contributed by atoms with Crippen molar-refractivity contribution >= 4 is 23.2 Å². The third-order valence-corrected chi connectivity index (χ3v) is 5.84. The number of halogens is 1. The number of amides is 1. The summed E-state index contributed by atoms with van der Waals surface area (Å²) in [7, 11) is 0. The number of hydrogen-bond donors (Lipinski definition) is 1. The van der Waals surface area contributed by atoms with Crippen molar-refractivity contribution in [2.75, 3.05) is 4.90 Å². The van der Waals surface area contributed by atoms with Gasteiger partial charge in [-0.2, -0.15) is 5.10 Å². The molecule has 4 aromatic rings. The highest BCUT2D eigenvalue weighted by Crippen LogP contribution is 2.45. The summed E-state index contributed by atoms with van der Waals surface area (Å²) in [5, 5.41) is 8.17. The van der Waals surface area contributed by atoms with E-state index in [0.717, 1.165) is 33.6 Å². The smallest absolute Gasteiger partial charge is 0.277 e. The van der Waals surface area contributed by atoms with E-state index >= 15 is 0 Å². The summed E-state index contributed by atoms with van der Waals surface area (Å²) in [5.74, 6) is -0.0767. The molecule has 0 fully saturated rings. The number of H-pyrrole nitrogens is 1. The molecule has 4 nitrogen and oxygen atoms in total. The zero-order chi connectivity index (χ0) is 20.8. The Hall–Kier alpha value is -3.37. The maximum Gasteiger partial charge on any atom is 0.277 e. The lowest BCUT2D eigenvalue weighted by Crippen LogP contribution is -2.29. The average molecular weight is 414 g/mol. The lowest BCUT2D eigenvalue weighted by molar-refractivity contribution is 0.0989. The van der Waals surface area contributed by atoms with Crippen LogP contribution in [0.1, 0.15) is 38.8 Å². The first-order valence-electron chi connectivity index (χ1n) is 9.84. The highest BCUT2D eigenvalue weighted by atomic mass is 35.5. The molecule has 1 N–H and O–H groups in total. The average Bonchev–Trinajstić information content (AvgIpc) is 3.29. The second-order valence-electron chi connectivity index (χ2n) is 7.69. The van der Waals surface area contributed by atoms with Crippen LogP contribution >= 0.6 is 11.6 Å². The third-order valence-electron chi connectivity index (χ3n) is 5.59. The number of nitrogens with one attached hydrogen (secondary N) is 1. The minimum Gasteiger partial charge on any atom is -0.295 e. The summed E-state index contributed by atoms with van der Waals surface area (Å²) in [6.07, 6.45) is 0. The zero-order valence-electron chi connectivity index (χ0n) is 16.7. The molecule has 1 amide bonds. The molecule has 0 saturated heterocycles. The Morgan fingerprint density at radius 3 is 2.10 bits per heavy atom. The largest absolute Gasteiger partial charge is 0.295 e. The van der Waals surface area contributed by atoms with Gasteiger partial charge in [-0.1, -0.05) is 71.3 Å². The molecule has 1 aliphatic heterocycles. The minimum atomic E-state index is -0.264. The van der Waals surface area contributed by atoms with Crippen LogP contribution in [-0.2, 0) is 0 Å². The number of carbonyl (C=O) groups excluding carboxylic acids is 1. The number of rotatable bonds is 3. The quantitative estimate of drug-likeness (QED) is 0.441. The number of anilines is 1. The summed E-state index contributed by atoms with van der Waals surface area (Å²) in [6, 6.07) is 23.7. The molecule has 3 aromatic carbocycles. The van der Waals surface area contributed by atoms with E-state index in [1.54, 1.807) is 0 Å². The van der Waals surface area contributed by atoms with Crippen LogP contribution in [-0.4, -0.2) is 16.1 Å². The Bertz CT molecular complexity index is 1230. The topological polar surface area (TPSA) is 49.0 Å². The highest BCUT2D eigenvalue weighted by molar-refractivity contribution is 6.30. The number of hydrogen-bond acceptors (Lipinski definition) is 2. The van der Waals surface area contributed by atoms with Gasteiger partial charge in [0.1, 0.15) is 5.69 Å². The van der Waals surface area contributed by atoms with Crippen molar-refractivity contribution in [3.05, 3.63) is 106 Å². The normalized spacial score (nSPS) is 15.5. The summed E-state index contributed by atoms with van der Waals surface area (Å²) in [5.41, 5.74) is 7.36. The fourth-order valence-corrected chi connectivity index (χ4v) is 4.14. The predicted molar refractivity (Wildman–Crippen MR) is 120 cm³/mol. The Balaban J connectivity index is 1.71. The van der Waals surface area contributed by atoms with Gasteiger partial charge in [0.15, 0.2) is 0 Å². The van der Waals surface area contributed by atoms with Crippen molar-refractivity contribution in [2.24, 2.45) is 0 Å². The van der Waals surface area contributed by atoms with Gasteiger partial charge < -0.3 is 0 Å². The van der Waals surface area contributed by atoms with Gasteiger partial charge in [-0.25, -0.2) is 0 Å². The number of aryl methyl sites for hydroxylation is 2. The van der Waals surface area contributed by atoms with Crippen LogP contribution in [0.15, 0.2) is 72.8 Å². The van der Waals surface area contributed by atoms with Crippen LogP contribution in [0.4, 0.5) is 5.69 Å². The van der Waals surface area contributed by atoms with Gasteiger partial charge in [0.25, 0.3) is 5.91 Å². The number of aromatic nitrogens is 2. The third kappa shape index (κ3) is 3.01. The number of fused-ring (bicyclic) bond motifs is 1. The lowest BCUT2D eigenvalue weighted by Gasteiger charge is -2.26. The Kier molecular flexibility index (Phi) is 4.44. The first-order chi connectivity index (χ1) is 14.5. The Labute approximate surface area is 180 Å². The molecular weight excluding hydrogens is 394 g/mol. The molecule has 30 heavy (non-hydrogen) atoms. The fourth-order valence-electron chi connectivity index (χ4n) is 4.01. The van der Waals surface area contributed by atoms with Crippen molar-refractivity contribution in [2.45, 2.75) is 19.9 Å². The molecule has 1 aromatic heterocycles. The standard InChI is InChI=1S/C25H20ClN3O/c1-15-3-7-18(8-4-15)24-21-22(17-9-11-19(26)12-10-17)27-28-23(21)25(30)29(24)20-13-5-16(2)6-14-20/h3-14,24H,1-2H3,(H,27,28). The van der Waals surface area contributed by atoms with Crippen molar-refractivity contribution in [1.82, 2.24) is 10.2 Å². The number of nitrogens with zero attached hydrogens (tertiary/aromatic N) is 2. The van der Waals surface area contributed by atoms with E-state index in [4.69, 9.17) is 11.6 Å². The van der Waals surface area contributed by atoms with Gasteiger partial charge in [-0.3, -0.25) is 14.8 Å². The van der Waals surface area contributed by atoms with E-state index in [0.29, 0.717) is 10.7 Å². The van der Waals surface area contributed by atoms with E-state index in [-0.39, 0.29) is 11.9 Å². The molecular formula is C25H20ClN3O. The van der Waals surface area contributed by atoms with E-state index < -0.39 is 0 Å². The summed E-state index contributed by atoms with van der Waals surface area (Å²) < 4.78 is 0. The van der Waals surface area contributed by atoms with Crippen LogP contribution in [0.5, 0.6) is 0 Å². The van der Waals surface area contributed by atoms with Gasteiger partial charge in [0.2, 0.25) is 0 Å². The van der Waals surface area contributed by atoms with Gasteiger partial charge in [0.05, 0.1) is 11.7 Å². The van der Waals surface area contributed by atoms with Crippen LogP contribution < -0.4 is 4.90 Å². The maximum atomic E-state index is 13.5. The Morgan fingerprint density at radius 2 is 1.47 bits per heavy atom. The van der Waals surface area contributed by atoms with Crippen LogP contribution in [0.3, 0.4) is 0 Å². The van der Waals surface area contributed by atoms with Crippen LogP contribution in [0.2, 0.25) is 5.02 Å². The van der Waals surface area contributed by atoms with Crippen LogP contribution in [0.25, 0.3) is 11.3 Å². The highest BCUT2D eigenvalue weighted by Gasteiger charge is 2.43. The summed E-state index contributed by atoms with van der Waals surface area (Å²) in [4.78, 5) is 15.3. The van der Waals surface area contributed by atoms with Crippen molar-refractivity contribution in [1.29, 1.82) is 0 Å². The molecule has 0 radical (unpaired) electrons. The molecule has 0 bridgehead atoms. The second kappa shape index (κ2) is 7.15. The minimum absolute atomic E-state index is 0.0767. The fraction of sp³-hybridized carbons (Fsp3) is 0.120. The van der Waals surface area contributed by atoms with Gasteiger partial charge in [0, 0.05) is 21.8 Å². The van der Waals surface area contributed by atoms with Crippen molar-refractivity contribution < 1.29 is 4.79 Å². The number of benzene rings is 3. The molecule has 5 rings (SSSR count). The maximum absolute atomic E-state index is 13.5.